The summed E-state index contributed by atoms with van der Waals surface area (Å²) in [6.45, 7) is 4.83. The number of pyridine rings is 1. The molecular formula is C11H18N4O2. The van der Waals surface area contributed by atoms with E-state index < -0.39 is 0 Å². The summed E-state index contributed by atoms with van der Waals surface area (Å²) in [5.41, 5.74) is 3.43. The lowest BCUT2D eigenvalue weighted by molar-refractivity contribution is 0.0745. The van der Waals surface area contributed by atoms with Crippen LogP contribution in [0, 0.1) is 0 Å². The summed E-state index contributed by atoms with van der Waals surface area (Å²) < 4.78 is 5.31. The van der Waals surface area contributed by atoms with Crippen LogP contribution in [0.5, 0.6) is 0 Å². The number of hydrogen-bond donors (Lipinski definition) is 3. The van der Waals surface area contributed by atoms with E-state index >= 15 is 0 Å². The van der Waals surface area contributed by atoms with Crippen LogP contribution in [0.2, 0.25) is 0 Å². The van der Waals surface area contributed by atoms with Crippen molar-refractivity contribution in [1.29, 1.82) is 0 Å². The number of hydrazine groups is 1. The lowest BCUT2D eigenvalue weighted by Crippen LogP contribution is -2.28. The first-order valence-corrected chi connectivity index (χ1v) is 5.46. The number of nitrogens with zero attached hydrogens (tertiary/aromatic N) is 1. The molecule has 0 saturated carbocycles. The van der Waals surface area contributed by atoms with Crippen LogP contribution >= 0.6 is 0 Å². The Morgan fingerprint density at radius 1 is 1.59 bits per heavy atom. The largest absolute Gasteiger partial charge is 0.377 e. The number of aromatic nitrogens is 1. The van der Waals surface area contributed by atoms with Gasteiger partial charge in [0.05, 0.1) is 18.4 Å². The van der Waals surface area contributed by atoms with E-state index in [1.165, 1.54) is 6.20 Å². The third-order valence-electron chi connectivity index (χ3n) is 2.00. The summed E-state index contributed by atoms with van der Waals surface area (Å²) in [6, 6.07) is 3.26. The highest BCUT2D eigenvalue weighted by Crippen LogP contribution is 2.05. The Balaban J connectivity index is 2.41. The quantitative estimate of drug-likeness (QED) is 0.382. The number of hydrogen-bond acceptors (Lipinski definition) is 5. The van der Waals surface area contributed by atoms with Crippen LogP contribution in [0.25, 0.3) is 0 Å². The Hall–Kier alpha value is -1.66. The van der Waals surface area contributed by atoms with Gasteiger partial charge < -0.3 is 15.5 Å². The van der Waals surface area contributed by atoms with Gasteiger partial charge in [0.2, 0.25) is 0 Å². The van der Waals surface area contributed by atoms with Crippen molar-refractivity contribution in [1.82, 2.24) is 10.3 Å². The number of carbonyl (C=O) groups excluding carboxylic acids is 1. The van der Waals surface area contributed by atoms with E-state index in [1.54, 1.807) is 12.1 Å². The average molecular weight is 238 g/mol. The van der Waals surface area contributed by atoms with Crippen LogP contribution in [0.15, 0.2) is 18.3 Å². The lowest BCUT2D eigenvalue weighted by Gasteiger charge is -2.08. The molecule has 0 spiro atoms. The molecule has 0 bridgehead atoms. The average Bonchev–Trinajstić information content (AvgIpc) is 2.34. The second kappa shape index (κ2) is 6.82. The van der Waals surface area contributed by atoms with E-state index in [4.69, 9.17) is 10.6 Å². The van der Waals surface area contributed by atoms with Gasteiger partial charge in [-0.15, -0.1) is 0 Å². The molecule has 0 radical (unpaired) electrons. The molecule has 0 unspecified atom stereocenters. The molecule has 6 heteroatoms. The molecule has 4 N–H and O–H groups in total. The van der Waals surface area contributed by atoms with Gasteiger partial charge in [-0.2, -0.15) is 0 Å². The molecule has 1 rings (SSSR count). The zero-order chi connectivity index (χ0) is 12.7. The summed E-state index contributed by atoms with van der Waals surface area (Å²) in [6.07, 6.45) is 1.68. The van der Waals surface area contributed by atoms with Crippen molar-refractivity contribution < 1.29 is 9.53 Å². The Bertz CT molecular complexity index is 368. The fourth-order valence-corrected chi connectivity index (χ4v) is 1.19. The van der Waals surface area contributed by atoms with E-state index in [0.29, 0.717) is 24.5 Å². The molecule has 0 saturated heterocycles. The summed E-state index contributed by atoms with van der Waals surface area (Å²) in [7, 11) is 0. The second-order valence-electron chi connectivity index (χ2n) is 3.75. The minimum absolute atomic E-state index is 0.162. The van der Waals surface area contributed by atoms with Crippen molar-refractivity contribution in [2.24, 2.45) is 5.84 Å². The zero-order valence-electron chi connectivity index (χ0n) is 10.1. The van der Waals surface area contributed by atoms with Gasteiger partial charge in [0.25, 0.3) is 5.91 Å². The van der Waals surface area contributed by atoms with Gasteiger partial charge in [0.1, 0.15) is 5.69 Å². The smallest absolute Gasteiger partial charge is 0.270 e. The molecule has 1 aromatic rings. The standard InChI is InChI=1S/C11H18N4O2/c1-8(2)17-6-5-14-11(16)10-7-9(15-12)3-4-13-10/h3-4,7-8H,5-6,12H2,1-2H3,(H,13,15)(H,14,16). The number of nitrogens with two attached hydrogens (primary N) is 1. The maximum absolute atomic E-state index is 11.7. The van der Waals surface area contributed by atoms with Crippen LogP contribution in [0.3, 0.4) is 0 Å². The molecule has 6 nitrogen and oxygen atoms in total. The van der Waals surface area contributed by atoms with Crippen LogP contribution < -0.4 is 16.6 Å². The highest BCUT2D eigenvalue weighted by Gasteiger charge is 2.06. The number of carbonyl (C=O) groups is 1. The molecule has 1 aromatic heterocycles. The number of nitrogen functional groups attached to an aromatic ring is 1. The minimum atomic E-state index is -0.241. The van der Waals surface area contributed by atoms with Crippen LogP contribution in [0.1, 0.15) is 24.3 Å². The minimum Gasteiger partial charge on any atom is -0.377 e. The maximum atomic E-state index is 11.7. The Morgan fingerprint density at radius 2 is 2.35 bits per heavy atom. The van der Waals surface area contributed by atoms with E-state index in [2.05, 4.69) is 15.7 Å². The molecule has 0 aliphatic carbocycles. The van der Waals surface area contributed by atoms with Crippen molar-refractivity contribution in [3.8, 4) is 0 Å². The molecule has 0 fully saturated rings. The van der Waals surface area contributed by atoms with Crippen LogP contribution in [-0.2, 0) is 4.74 Å². The molecule has 0 aromatic carbocycles. The first-order valence-electron chi connectivity index (χ1n) is 5.46. The van der Waals surface area contributed by atoms with Gasteiger partial charge in [-0.25, -0.2) is 0 Å². The SMILES string of the molecule is CC(C)OCCNC(=O)c1cc(NN)ccn1. The molecule has 0 atom stereocenters. The van der Waals surface area contributed by atoms with E-state index in [1.807, 2.05) is 13.8 Å². The number of anilines is 1. The van der Waals surface area contributed by atoms with Crippen LogP contribution in [-0.4, -0.2) is 30.1 Å². The van der Waals surface area contributed by atoms with Crippen molar-refractivity contribution in [2.45, 2.75) is 20.0 Å². The first-order chi connectivity index (χ1) is 8.13. The third-order valence-corrected chi connectivity index (χ3v) is 2.00. The van der Waals surface area contributed by atoms with Crippen molar-refractivity contribution in [2.75, 3.05) is 18.6 Å². The molecule has 0 aliphatic heterocycles. The normalized spacial score (nSPS) is 10.4. The highest BCUT2D eigenvalue weighted by atomic mass is 16.5. The Kier molecular flexibility index (Phi) is 5.38. The highest BCUT2D eigenvalue weighted by molar-refractivity contribution is 5.93. The van der Waals surface area contributed by atoms with Gasteiger partial charge in [0.15, 0.2) is 0 Å². The van der Waals surface area contributed by atoms with Gasteiger partial charge in [-0.3, -0.25) is 15.6 Å². The second-order valence-corrected chi connectivity index (χ2v) is 3.75. The molecule has 1 heterocycles. The summed E-state index contributed by atoms with van der Waals surface area (Å²) in [5.74, 6) is 5.00. The fourth-order valence-electron chi connectivity index (χ4n) is 1.19. The third kappa shape index (κ3) is 4.80. The van der Waals surface area contributed by atoms with Gasteiger partial charge >= 0.3 is 0 Å². The first kappa shape index (κ1) is 13.4. The Morgan fingerprint density at radius 3 is 3.00 bits per heavy atom. The van der Waals surface area contributed by atoms with Crippen molar-refractivity contribution >= 4 is 11.6 Å². The maximum Gasteiger partial charge on any atom is 0.270 e. The van der Waals surface area contributed by atoms with E-state index in [0.717, 1.165) is 0 Å². The van der Waals surface area contributed by atoms with E-state index in [9.17, 15) is 4.79 Å². The number of rotatable bonds is 6. The van der Waals surface area contributed by atoms with Gasteiger partial charge in [-0.1, -0.05) is 0 Å². The Labute approximate surface area is 101 Å². The predicted molar refractivity (Wildman–Crippen MR) is 65.5 cm³/mol. The van der Waals surface area contributed by atoms with Crippen molar-refractivity contribution in [3.63, 3.8) is 0 Å². The summed E-state index contributed by atoms with van der Waals surface area (Å²) in [4.78, 5) is 15.6. The van der Waals surface area contributed by atoms with Gasteiger partial charge in [0, 0.05) is 12.7 Å². The molecule has 1 amide bonds. The lowest BCUT2D eigenvalue weighted by atomic mass is 10.3. The number of amides is 1. The van der Waals surface area contributed by atoms with Gasteiger partial charge in [-0.05, 0) is 26.0 Å². The number of ether oxygens (including phenoxy) is 1. The molecular weight excluding hydrogens is 220 g/mol. The molecule has 17 heavy (non-hydrogen) atoms. The summed E-state index contributed by atoms with van der Waals surface area (Å²) >= 11 is 0. The van der Waals surface area contributed by atoms with E-state index in [-0.39, 0.29) is 12.0 Å². The van der Waals surface area contributed by atoms with Crippen LogP contribution in [0.4, 0.5) is 5.69 Å². The topological polar surface area (TPSA) is 89.3 Å². The molecule has 0 aliphatic rings. The monoisotopic (exact) mass is 238 g/mol. The zero-order valence-corrected chi connectivity index (χ0v) is 10.1. The van der Waals surface area contributed by atoms with Crippen molar-refractivity contribution in [3.05, 3.63) is 24.0 Å². The fraction of sp³-hybridized carbons (Fsp3) is 0.455. The molecule has 94 valence electrons. The number of nitrogens with one attached hydrogen (secondary N) is 2. The predicted octanol–water partition coefficient (Wildman–Crippen LogP) is 0.522. The summed E-state index contributed by atoms with van der Waals surface area (Å²) in [5, 5.41) is 2.71.